The summed E-state index contributed by atoms with van der Waals surface area (Å²) in [7, 11) is 2.14. The minimum Gasteiger partial charge on any atom is -0.476 e. The predicted octanol–water partition coefficient (Wildman–Crippen LogP) is 4.62. The van der Waals surface area contributed by atoms with Gasteiger partial charge < -0.3 is 14.6 Å². The van der Waals surface area contributed by atoms with E-state index in [1.807, 2.05) is 0 Å². The lowest BCUT2D eigenvalue weighted by atomic mass is 10.0. The lowest BCUT2D eigenvalue weighted by Gasteiger charge is -2.33. The van der Waals surface area contributed by atoms with Crippen molar-refractivity contribution in [1.82, 2.24) is 13.6 Å². The van der Waals surface area contributed by atoms with E-state index in [0.29, 0.717) is 6.04 Å². The maximum absolute atomic E-state index is 10.4. The average molecular weight is 456 g/mol. The number of nitrogens with zero attached hydrogens (tertiary/aromatic N) is 3. The standard InChI is InChI=1S/C14H23N3OS.C8H14O4/c1-4-5-6-10-18-14-13(15-19-16-14)12-9-7-8-11(2)17(12)3;1-2-3-4-5-6-12-8(11)7(9)10/h7,9,11-12H,4-6,8,10H2,1-3H3;2-6H2,1H3,(H,9,10). The van der Waals surface area contributed by atoms with Crippen molar-refractivity contribution in [3.05, 3.63) is 17.8 Å². The lowest BCUT2D eigenvalue weighted by Crippen LogP contribution is -2.34. The second kappa shape index (κ2) is 15.8. The van der Waals surface area contributed by atoms with E-state index < -0.39 is 11.9 Å². The van der Waals surface area contributed by atoms with E-state index in [4.69, 9.17) is 9.84 Å². The second-order valence-electron chi connectivity index (χ2n) is 7.64. The van der Waals surface area contributed by atoms with Gasteiger partial charge in [0.1, 0.15) is 5.69 Å². The zero-order chi connectivity index (χ0) is 23.1. The first-order chi connectivity index (χ1) is 14.9. The van der Waals surface area contributed by atoms with Crippen LogP contribution >= 0.6 is 11.7 Å². The molecule has 8 nitrogen and oxygen atoms in total. The molecule has 1 aromatic rings. The lowest BCUT2D eigenvalue weighted by molar-refractivity contribution is -0.163. The van der Waals surface area contributed by atoms with E-state index in [0.717, 1.165) is 56.7 Å². The number of unbranched alkanes of at least 4 members (excludes halogenated alkanes) is 5. The van der Waals surface area contributed by atoms with Gasteiger partial charge in [0.25, 0.3) is 5.88 Å². The maximum Gasteiger partial charge on any atom is 0.417 e. The number of esters is 1. The van der Waals surface area contributed by atoms with Gasteiger partial charge in [-0.25, -0.2) is 9.59 Å². The van der Waals surface area contributed by atoms with Crippen LogP contribution in [0.5, 0.6) is 5.88 Å². The van der Waals surface area contributed by atoms with Gasteiger partial charge in [0.2, 0.25) is 0 Å². The number of carbonyl (C=O) groups excluding carboxylic acids is 1. The van der Waals surface area contributed by atoms with Crippen LogP contribution in [-0.2, 0) is 14.3 Å². The summed E-state index contributed by atoms with van der Waals surface area (Å²) in [6, 6.07) is 0.730. The number of hydrogen-bond acceptors (Lipinski definition) is 8. The van der Waals surface area contributed by atoms with Gasteiger partial charge in [0, 0.05) is 6.04 Å². The van der Waals surface area contributed by atoms with Crippen molar-refractivity contribution in [3.8, 4) is 5.88 Å². The molecule has 0 saturated heterocycles. The molecule has 0 spiro atoms. The number of carboxylic acid groups (broad SMARTS) is 1. The molecule has 0 amide bonds. The molecule has 176 valence electrons. The van der Waals surface area contributed by atoms with Crippen molar-refractivity contribution < 1.29 is 24.2 Å². The average Bonchev–Trinajstić information content (AvgIpc) is 3.21. The minimum absolute atomic E-state index is 0.198. The molecule has 0 fully saturated rings. The Morgan fingerprint density at radius 2 is 1.81 bits per heavy atom. The van der Waals surface area contributed by atoms with Crippen molar-refractivity contribution in [1.29, 1.82) is 0 Å². The number of rotatable bonds is 11. The van der Waals surface area contributed by atoms with Crippen LogP contribution in [0.15, 0.2) is 12.2 Å². The molecular weight excluding hydrogens is 418 g/mol. The molecule has 0 aromatic carbocycles. The Balaban J connectivity index is 0.000000348. The first-order valence-electron chi connectivity index (χ1n) is 11.2. The van der Waals surface area contributed by atoms with Crippen LogP contribution in [0.4, 0.5) is 0 Å². The third-order valence-corrected chi connectivity index (χ3v) is 5.61. The zero-order valence-electron chi connectivity index (χ0n) is 19.2. The Hall–Kier alpha value is -2.00. The van der Waals surface area contributed by atoms with E-state index in [1.165, 1.54) is 24.6 Å². The largest absolute Gasteiger partial charge is 0.476 e. The number of aliphatic carboxylic acids is 1. The number of carbonyl (C=O) groups is 2. The van der Waals surface area contributed by atoms with Crippen molar-refractivity contribution in [2.45, 2.75) is 84.2 Å². The third-order valence-electron chi connectivity index (χ3n) is 5.08. The van der Waals surface area contributed by atoms with Crippen LogP contribution < -0.4 is 4.74 Å². The van der Waals surface area contributed by atoms with Crippen LogP contribution in [-0.4, -0.2) is 57.0 Å². The quantitative estimate of drug-likeness (QED) is 0.223. The van der Waals surface area contributed by atoms with Crippen LogP contribution in [0, 0.1) is 0 Å². The van der Waals surface area contributed by atoms with Crippen molar-refractivity contribution in [3.63, 3.8) is 0 Å². The fourth-order valence-corrected chi connectivity index (χ4v) is 3.54. The Bertz CT molecular complexity index is 680. The monoisotopic (exact) mass is 455 g/mol. The van der Waals surface area contributed by atoms with Gasteiger partial charge in [-0.15, -0.1) is 4.37 Å². The molecule has 0 aliphatic carbocycles. The Labute approximate surface area is 190 Å². The summed E-state index contributed by atoms with van der Waals surface area (Å²) >= 11 is 1.24. The molecule has 31 heavy (non-hydrogen) atoms. The maximum atomic E-state index is 10.4. The third kappa shape index (κ3) is 10.2. The van der Waals surface area contributed by atoms with Crippen LogP contribution in [0.3, 0.4) is 0 Å². The molecule has 1 aliphatic heterocycles. The predicted molar refractivity (Wildman–Crippen MR) is 121 cm³/mol. The van der Waals surface area contributed by atoms with Gasteiger partial charge in [0.05, 0.1) is 31.0 Å². The summed E-state index contributed by atoms with van der Waals surface area (Å²) in [5.74, 6) is -1.96. The van der Waals surface area contributed by atoms with E-state index >= 15 is 0 Å². The van der Waals surface area contributed by atoms with E-state index in [2.05, 4.69) is 58.4 Å². The Morgan fingerprint density at radius 3 is 2.48 bits per heavy atom. The normalized spacial score (nSPS) is 18.2. The summed E-state index contributed by atoms with van der Waals surface area (Å²) in [4.78, 5) is 22.6. The van der Waals surface area contributed by atoms with Crippen LogP contribution in [0.25, 0.3) is 0 Å². The molecule has 0 bridgehead atoms. The summed E-state index contributed by atoms with van der Waals surface area (Å²) < 4.78 is 18.9. The fraction of sp³-hybridized carbons (Fsp3) is 0.727. The first-order valence-corrected chi connectivity index (χ1v) is 11.9. The molecule has 0 radical (unpaired) electrons. The summed E-state index contributed by atoms with van der Waals surface area (Å²) in [5, 5.41) is 8.11. The highest BCUT2D eigenvalue weighted by Crippen LogP contribution is 2.32. The van der Waals surface area contributed by atoms with Gasteiger partial charge in [-0.3, -0.25) is 4.90 Å². The highest BCUT2D eigenvalue weighted by molar-refractivity contribution is 6.99. The van der Waals surface area contributed by atoms with Crippen molar-refractivity contribution in [2.75, 3.05) is 20.3 Å². The highest BCUT2D eigenvalue weighted by atomic mass is 32.1. The van der Waals surface area contributed by atoms with Gasteiger partial charge in [-0.1, -0.05) is 58.1 Å². The number of carboxylic acids is 1. The van der Waals surface area contributed by atoms with Crippen molar-refractivity contribution in [2.24, 2.45) is 0 Å². The SMILES string of the molecule is CCCCCCOC(=O)C(=O)O.CCCCCOc1nsnc1C1C=CCC(C)N1C. The highest BCUT2D eigenvalue weighted by Gasteiger charge is 2.27. The van der Waals surface area contributed by atoms with Gasteiger partial charge in [0.15, 0.2) is 0 Å². The van der Waals surface area contributed by atoms with Gasteiger partial charge in [-0.2, -0.15) is 4.37 Å². The molecule has 1 N–H and O–H groups in total. The van der Waals surface area contributed by atoms with E-state index in [-0.39, 0.29) is 12.6 Å². The molecule has 9 heteroatoms. The molecule has 2 atom stereocenters. The van der Waals surface area contributed by atoms with Crippen LogP contribution in [0.1, 0.15) is 83.9 Å². The smallest absolute Gasteiger partial charge is 0.417 e. The Kier molecular flexibility index (Phi) is 13.7. The summed E-state index contributed by atoms with van der Waals surface area (Å²) in [6.07, 6.45) is 12.9. The molecule has 2 rings (SSSR count). The number of ether oxygens (including phenoxy) is 2. The molecular formula is C22H37N3O5S. The van der Waals surface area contributed by atoms with Gasteiger partial charge in [-0.05, 0) is 33.2 Å². The minimum atomic E-state index is -1.52. The Morgan fingerprint density at radius 1 is 1.13 bits per heavy atom. The fourth-order valence-electron chi connectivity index (χ4n) is 3.01. The summed E-state index contributed by atoms with van der Waals surface area (Å²) in [6.45, 7) is 7.45. The molecule has 1 aromatic heterocycles. The van der Waals surface area contributed by atoms with Crippen molar-refractivity contribution >= 4 is 23.7 Å². The summed E-state index contributed by atoms with van der Waals surface area (Å²) in [5.41, 5.74) is 0.965. The topological polar surface area (TPSA) is 102 Å². The number of aromatic nitrogens is 2. The zero-order valence-corrected chi connectivity index (χ0v) is 20.0. The van der Waals surface area contributed by atoms with Gasteiger partial charge >= 0.3 is 11.9 Å². The molecule has 2 heterocycles. The second-order valence-corrected chi connectivity index (χ2v) is 8.16. The molecule has 2 unspecified atom stereocenters. The number of hydrogen-bond donors (Lipinski definition) is 1. The molecule has 0 saturated carbocycles. The van der Waals surface area contributed by atoms with E-state index in [9.17, 15) is 9.59 Å². The van der Waals surface area contributed by atoms with Crippen LogP contribution in [0.2, 0.25) is 0 Å². The number of likely N-dealkylation sites (N-methyl/N-ethyl adjacent to an activating group) is 1. The molecule has 1 aliphatic rings. The van der Waals surface area contributed by atoms with E-state index in [1.54, 1.807) is 0 Å². The first kappa shape index (κ1) is 27.0.